The van der Waals surface area contributed by atoms with Crippen molar-refractivity contribution < 1.29 is 0 Å². The van der Waals surface area contributed by atoms with Crippen LogP contribution in [0.15, 0.2) is 60.9 Å². The summed E-state index contributed by atoms with van der Waals surface area (Å²) in [5.41, 5.74) is 4.88. The van der Waals surface area contributed by atoms with Gasteiger partial charge in [-0.2, -0.15) is 15.1 Å². The molecule has 0 radical (unpaired) electrons. The fraction of sp³-hybridized carbons (Fsp3) is 0.174. The zero-order valence-electron chi connectivity index (χ0n) is 17.4. The molecule has 0 amide bonds. The average Bonchev–Trinajstić information content (AvgIpc) is 3.49. The molecule has 1 fully saturated rings. The van der Waals surface area contributed by atoms with Gasteiger partial charge in [0.2, 0.25) is 5.95 Å². The smallest absolute Gasteiger partial charge is 0.231 e. The number of nitrogens with one attached hydrogen (secondary N) is 5. The number of piperazine rings is 1. The minimum Gasteiger partial charge on any atom is -0.369 e. The van der Waals surface area contributed by atoms with E-state index in [1.807, 2.05) is 36.7 Å². The van der Waals surface area contributed by atoms with E-state index in [1.54, 1.807) is 0 Å². The van der Waals surface area contributed by atoms with Crippen molar-refractivity contribution in [2.75, 3.05) is 41.7 Å². The summed E-state index contributed by atoms with van der Waals surface area (Å²) < 4.78 is 0. The van der Waals surface area contributed by atoms with E-state index in [1.165, 1.54) is 5.69 Å². The molecule has 1 aliphatic rings. The van der Waals surface area contributed by atoms with Gasteiger partial charge < -0.3 is 25.8 Å². The lowest BCUT2D eigenvalue weighted by molar-refractivity contribution is 0.589. The van der Waals surface area contributed by atoms with E-state index in [2.05, 4.69) is 65.3 Å². The molecular formula is C23H23N9. The number of anilines is 5. The molecule has 5 N–H and O–H groups in total. The van der Waals surface area contributed by atoms with Gasteiger partial charge in [-0.15, -0.1) is 0 Å². The Morgan fingerprint density at radius 2 is 1.72 bits per heavy atom. The maximum Gasteiger partial charge on any atom is 0.231 e. The van der Waals surface area contributed by atoms with Gasteiger partial charge in [0.25, 0.3) is 0 Å². The van der Waals surface area contributed by atoms with Gasteiger partial charge in [-0.3, -0.25) is 5.10 Å². The second-order valence-electron chi connectivity index (χ2n) is 7.84. The number of hydrogen-bond acceptors (Lipinski definition) is 7. The number of rotatable bonds is 5. The Morgan fingerprint density at radius 1 is 0.875 bits per heavy atom. The van der Waals surface area contributed by atoms with Crippen LogP contribution in [0.4, 0.5) is 28.8 Å². The summed E-state index contributed by atoms with van der Waals surface area (Å²) in [5.74, 6) is 1.26. The maximum absolute atomic E-state index is 4.75. The number of aromatic nitrogens is 5. The first kappa shape index (κ1) is 18.6. The van der Waals surface area contributed by atoms with E-state index in [0.717, 1.165) is 65.3 Å². The second-order valence-corrected chi connectivity index (χ2v) is 7.84. The topological polar surface area (TPSA) is 110 Å². The highest BCUT2D eigenvalue weighted by molar-refractivity contribution is 5.91. The first-order chi connectivity index (χ1) is 15.8. The van der Waals surface area contributed by atoms with Crippen molar-refractivity contribution in [2.45, 2.75) is 0 Å². The third-order valence-electron chi connectivity index (χ3n) is 5.72. The van der Waals surface area contributed by atoms with Crippen LogP contribution < -0.4 is 20.9 Å². The minimum atomic E-state index is 0.529. The van der Waals surface area contributed by atoms with Crippen molar-refractivity contribution in [2.24, 2.45) is 0 Å². The third-order valence-corrected chi connectivity index (χ3v) is 5.72. The molecule has 0 atom stereocenters. The predicted octanol–water partition coefficient (Wildman–Crippen LogP) is 3.73. The highest BCUT2D eigenvalue weighted by Crippen LogP contribution is 2.28. The molecule has 0 spiro atoms. The Bertz CT molecular complexity index is 1360. The van der Waals surface area contributed by atoms with Crippen LogP contribution in [0.2, 0.25) is 0 Å². The lowest BCUT2D eigenvalue weighted by Crippen LogP contribution is -2.43. The molecule has 9 nitrogen and oxygen atoms in total. The number of aromatic amines is 2. The van der Waals surface area contributed by atoms with Crippen LogP contribution in [0.25, 0.3) is 21.9 Å². The Morgan fingerprint density at radius 3 is 2.59 bits per heavy atom. The summed E-state index contributed by atoms with van der Waals surface area (Å²) in [6.07, 6.45) is 3.68. The molecule has 9 heteroatoms. The molecule has 32 heavy (non-hydrogen) atoms. The Labute approximate surface area is 184 Å². The van der Waals surface area contributed by atoms with E-state index in [9.17, 15) is 0 Å². The van der Waals surface area contributed by atoms with Gasteiger partial charge in [-0.1, -0.05) is 0 Å². The van der Waals surface area contributed by atoms with Crippen LogP contribution in [0.3, 0.4) is 0 Å². The Balaban J connectivity index is 1.26. The van der Waals surface area contributed by atoms with E-state index < -0.39 is 0 Å². The number of nitrogens with zero attached hydrogens (tertiary/aromatic N) is 4. The first-order valence-corrected chi connectivity index (χ1v) is 10.7. The van der Waals surface area contributed by atoms with Crippen molar-refractivity contribution in [3.05, 3.63) is 60.9 Å². The second kappa shape index (κ2) is 7.86. The lowest BCUT2D eigenvalue weighted by Gasteiger charge is -2.29. The highest BCUT2D eigenvalue weighted by atomic mass is 15.2. The molecule has 0 bridgehead atoms. The predicted molar refractivity (Wildman–Crippen MR) is 128 cm³/mol. The molecule has 0 saturated carbocycles. The maximum atomic E-state index is 4.75. The van der Waals surface area contributed by atoms with E-state index in [-0.39, 0.29) is 0 Å². The third kappa shape index (κ3) is 3.58. The molecule has 1 saturated heterocycles. The van der Waals surface area contributed by atoms with Crippen LogP contribution in [0.5, 0.6) is 0 Å². The van der Waals surface area contributed by atoms with E-state index in [0.29, 0.717) is 5.95 Å². The Kier molecular flexibility index (Phi) is 4.58. The summed E-state index contributed by atoms with van der Waals surface area (Å²) in [4.78, 5) is 15.0. The quantitative estimate of drug-likeness (QED) is 0.292. The zero-order chi connectivity index (χ0) is 21.3. The lowest BCUT2D eigenvalue weighted by atomic mass is 10.2. The molecule has 1 aliphatic heterocycles. The molecule has 160 valence electrons. The summed E-state index contributed by atoms with van der Waals surface area (Å²) in [7, 11) is 0. The average molecular weight is 426 g/mol. The van der Waals surface area contributed by atoms with E-state index >= 15 is 0 Å². The zero-order valence-corrected chi connectivity index (χ0v) is 17.4. The number of benzene rings is 2. The van der Waals surface area contributed by atoms with Gasteiger partial charge in [0.1, 0.15) is 11.5 Å². The highest BCUT2D eigenvalue weighted by Gasteiger charge is 2.12. The van der Waals surface area contributed by atoms with Crippen molar-refractivity contribution in [1.82, 2.24) is 30.5 Å². The monoisotopic (exact) mass is 425 g/mol. The molecule has 2 aromatic carbocycles. The molecule has 3 aromatic heterocycles. The van der Waals surface area contributed by atoms with Crippen molar-refractivity contribution in [1.29, 1.82) is 0 Å². The SMILES string of the molecule is c1cc2c(Nc3ccc4[nH]ncc4c3)nc(Nc3ccc(N4CCNCC4)cc3)nc2[nH]1. The van der Waals surface area contributed by atoms with Crippen LogP contribution in [-0.2, 0) is 0 Å². The largest absolute Gasteiger partial charge is 0.369 e. The van der Waals surface area contributed by atoms with Crippen LogP contribution >= 0.6 is 0 Å². The van der Waals surface area contributed by atoms with Gasteiger partial charge in [0.05, 0.1) is 17.1 Å². The molecule has 5 aromatic rings. The first-order valence-electron chi connectivity index (χ1n) is 10.7. The van der Waals surface area contributed by atoms with Gasteiger partial charge in [-0.25, -0.2) is 0 Å². The standard InChI is InChI=1S/C23H23N9/c1-4-18(32-11-9-24-10-12-32)5-2-16(1)28-23-29-21-19(7-8-25-21)22(30-23)27-17-3-6-20-15(13-17)14-26-31-20/h1-8,13-14,24H,9-12H2,(H,26,31)(H3,25,27,28,29,30). The van der Waals surface area contributed by atoms with Crippen molar-refractivity contribution >= 4 is 50.8 Å². The Hall–Kier alpha value is -4.11. The number of H-pyrrole nitrogens is 2. The fourth-order valence-electron chi connectivity index (χ4n) is 4.06. The summed E-state index contributed by atoms with van der Waals surface area (Å²) >= 11 is 0. The fourth-order valence-corrected chi connectivity index (χ4v) is 4.06. The summed E-state index contributed by atoms with van der Waals surface area (Å²) in [6, 6.07) is 16.4. The van der Waals surface area contributed by atoms with E-state index in [4.69, 9.17) is 4.98 Å². The van der Waals surface area contributed by atoms with Crippen LogP contribution in [0, 0.1) is 0 Å². The molecule has 4 heterocycles. The van der Waals surface area contributed by atoms with Gasteiger partial charge in [0.15, 0.2) is 0 Å². The van der Waals surface area contributed by atoms with Crippen LogP contribution in [-0.4, -0.2) is 51.3 Å². The number of hydrogen-bond donors (Lipinski definition) is 5. The van der Waals surface area contributed by atoms with Crippen LogP contribution in [0.1, 0.15) is 0 Å². The minimum absolute atomic E-state index is 0.529. The molecular weight excluding hydrogens is 402 g/mol. The van der Waals surface area contributed by atoms with Crippen molar-refractivity contribution in [3.63, 3.8) is 0 Å². The normalized spacial score (nSPS) is 14.2. The van der Waals surface area contributed by atoms with Gasteiger partial charge in [-0.05, 0) is 48.5 Å². The number of fused-ring (bicyclic) bond motifs is 2. The summed E-state index contributed by atoms with van der Waals surface area (Å²) in [5, 5.41) is 19.2. The molecule has 0 aliphatic carbocycles. The van der Waals surface area contributed by atoms with Gasteiger partial charge in [0, 0.05) is 54.8 Å². The van der Waals surface area contributed by atoms with Crippen molar-refractivity contribution in [3.8, 4) is 0 Å². The summed E-state index contributed by atoms with van der Waals surface area (Å²) in [6.45, 7) is 4.10. The molecule has 6 rings (SSSR count). The molecule has 0 unspecified atom stereocenters. The van der Waals surface area contributed by atoms with Gasteiger partial charge >= 0.3 is 0 Å².